The molecule has 2 aromatic rings. The first-order chi connectivity index (χ1) is 14.6. The highest BCUT2D eigenvalue weighted by molar-refractivity contribution is 6.03. The Bertz CT molecular complexity index is 959. The van der Waals surface area contributed by atoms with Gasteiger partial charge in [0.05, 0.1) is 5.41 Å². The lowest BCUT2D eigenvalue weighted by Crippen LogP contribution is -2.51. The standard InChI is InChI=1S/C25H30N2O4/c1-5-25(15-14-21(28)27-23(25)30)18-6-10-19(11-7-18)26-22(29)16-31-20-12-8-17(9-13-20)24(2,3)4/h6-13H,5,14-16H2,1-4H3,(H,26,29)(H,27,28,30). The molecule has 0 aliphatic carbocycles. The van der Waals surface area contributed by atoms with Gasteiger partial charge in [0.25, 0.3) is 5.91 Å². The molecule has 2 aromatic carbocycles. The SMILES string of the molecule is CCC1(c2ccc(NC(=O)COc3ccc(C(C)(C)C)cc3)cc2)CCC(=O)NC1=O. The Hall–Kier alpha value is -3.15. The molecule has 0 bridgehead atoms. The van der Waals surface area contributed by atoms with Crippen molar-refractivity contribution in [2.24, 2.45) is 0 Å². The van der Waals surface area contributed by atoms with Crippen molar-refractivity contribution < 1.29 is 19.1 Å². The van der Waals surface area contributed by atoms with Crippen LogP contribution in [-0.4, -0.2) is 24.3 Å². The second kappa shape index (κ2) is 8.92. The van der Waals surface area contributed by atoms with Gasteiger partial charge in [-0.05, 0) is 53.6 Å². The van der Waals surface area contributed by atoms with Gasteiger partial charge in [-0.2, -0.15) is 0 Å². The lowest BCUT2D eigenvalue weighted by atomic mass is 9.72. The molecule has 3 amide bonds. The number of nitrogens with one attached hydrogen (secondary N) is 2. The summed E-state index contributed by atoms with van der Waals surface area (Å²) >= 11 is 0. The van der Waals surface area contributed by atoms with Gasteiger partial charge in [-0.25, -0.2) is 0 Å². The Morgan fingerprint density at radius 1 is 1.06 bits per heavy atom. The minimum atomic E-state index is -0.710. The van der Waals surface area contributed by atoms with Gasteiger partial charge in [0.2, 0.25) is 11.8 Å². The lowest BCUT2D eigenvalue weighted by molar-refractivity contribution is -0.138. The van der Waals surface area contributed by atoms with Crippen LogP contribution in [0.4, 0.5) is 5.69 Å². The number of amides is 3. The Kier molecular flexibility index (Phi) is 6.48. The van der Waals surface area contributed by atoms with Crippen LogP contribution < -0.4 is 15.4 Å². The average molecular weight is 423 g/mol. The smallest absolute Gasteiger partial charge is 0.262 e. The highest BCUT2D eigenvalue weighted by atomic mass is 16.5. The zero-order valence-electron chi connectivity index (χ0n) is 18.6. The Morgan fingerprint density at radius 3 is 2.26 bits per heavy atom. The fraction of sp³-hybridized carbons (Fsp3) is 0.400. The number of imide groups is 1. The first-order valence-corrected chi connectivity index (χ1v) is 10.6. The molecule has 0 aromatic heterocycles. The van der Waals surface area contributed by atoms with E-state index >= 15 is 0 Å². The van der Waals surface area contributed by atoms with Crippen LogP contribution in [0.5, 0.6) is 5.75 Å². The third kappa shape index (κ3) is 5.13. The van der Waals surface area contributed by atoms with E-state index in [4.69, 9.17) is 4.74 Å². The molecule has 1 aliphatic heterocycles. The second-order valence-corrected chi connectivity index (χ2v) is 9.00. The molecule has 6 heteroatoms. The van der Waals surface area contributed by atoms with E-state index in [1.807, 2.05) is 43.3 Å². The molecule has 1 aliphatic rings. The average Bonchev–Trinajstić information content (AvgIpc) is 2.73. The van der Waals surface area contributed by atoms with Crippen LogP contribution in [0, 0.1) is 0 Å². The molecule has 1 heterocycles. The summed E-state index contributed by atoms with van der Waals surface area (Å²) in [5.74, 6) is -0.111. The van der Waals surface area contributed by atoms with Gasteiger partial charge in [0, 0.05) is 12.1 Å². The Balaban J connectivity index is 1.59. The number of piperidine rings is 1. The van der Waals surface area contributed by atoms with Crippen LogP contribution >= 0.6 is 0 Å². The van der Waals surface area contributed by atoms with Crippen molar-refractivity contribution in [3.8, 4) is 5.75 Å². The number of benzene rings is 2. The predicted octanol–water partition coefficient (Wildman–Crippen LogP) is 4.09. The summed E-state index contributed by atoms with van der Waals surface area (Å²) in [6.07, 6.45) is 1.41. The molecular formula is C25H30N2O4. The van der Waals surface area contributed by atoms with Crippen molar-refractivity contribution in [1.82, 2.24) is 5.32 Å². The van der Waals surface area contributed by atoms with Crippen LogP contribution in [0.1, 0.15) is 58.1 Å². The number of ether oxygens (including phenoxy) is 1. The molecule has 1 fully saturated rings. The van der Waals surface area contributed by atoms with Crippen molar-refractivity contribution in [2.45, 2.75) is 57.8 Å². The Labute approximate surface area is 183 Å². The number of hydrogen-bond acceptors (Lipinski definition) is 4. The number of carbonyl (C=O) groups excluding carboxylic acids is 3. The number of hydrogen-bond donors (Lipinski definition) is 2. The third-order valence-corrected chi connectivity index (χ3v) is 5.88. The topological polar surface area (TPSA) is 84.5 Å². The third-order valence-electron chi connectivity index (χ3n) is 5.88. The molecule has 1 atom stereocenters. The number of rotatable bonds is 6. The van der Waals surface area contributed by atoms with Gasteiger partial charge >= 0.3 is 0 Å². The summed E-state index contributed by atoms with van der Waals surface area (Å²) in [7, 11) is 0. The van der Waals surface area contributed by atoms with E-state index in [0.29, 0.717) is 30.7 Å². The van der Waals surface area contributed by atoms with E-state index in [9.17, 15) is 14.4 Å². The summed E-state index contributed by atoms with van der Waals surface area (Å²) in [5, 5.41) is 5.25. The van der Waals surface area contributed by atoms with E-state index in [1.54, 1.807) is 12.1 Å². The zero-order chi connectivity index (χ0) is 22.6. The quantitative estimate of drug-likeness (QED) is 0.687. The number of anilines is 1. The molecule has 2 N–H and O–H groups in total. The summed E-state index contributed by atoms with van der Waals surface area (Å²) in [4.78, 5) is 36.3. The van der Waals surface area contributed by atoms with E-state index in [1.165, 1.54) is 5.56 Å². The second-order valence-electron chi connectivity index (χ2n) is 9.00. The fourth-order valence-corrected chi connectivity index (χ4v) is 3.84. The first kappa shape index (κ1) is 22.5. The Morgan fingerprint density at radius 2 is 1.71 bits per heavy atom. The first-order valence-electron chi connectivity index (χ1n) is 10.6. The van der Waals surface area contributed by atoms with Crippen molar-refractivity contribution in [3.05, 3.63) is 59.7 Å². The minimum absolute atomic E-state index is 0.0618. The van der Waals surface area contributed by atoms with Gasteiger partial charge in [0.15, 0.2) is 6.61 Å². The van der Waals surface area contributed by atoms with Gasteiger partial charge in [-0.1, -0.05) is 52.0 Å². The van der Waals surface area contributed by atoms with Crippen LogP contribution in [0.3, 0.4) is 0 Å². The van der Waals surface area contributed by atoms with Crippen LogP contribution in [-0.2, 0) is 25.2 Å². The van der Waals surface area contributed by atoms with E-state index in [0.717, 1.165) is 5.56 Å². The monoisotopic (exact) mass is 422 g/mol. The summed E-state index contributed by atoms with van der Waals surface area (Å²) in [5.41, 5.74) is 2.02. The van der Waals surface area contributed by atoms with Crippen LogP contribution in [0.25, 0.3) is 0 Å². The fourth-order valence-electron chi connectivity index (χ4n) is 3.84. The summed E-state index contributed by atoms with van der Waals surface area (Å²) in [6.45, 7) is 8.27. The zero-order valence-corrected chi connectivity index (χ0v) is 18.6. The van der Waals surface area contributed by atoms with Gasteiger partial charge in [-0.3, -0.25) is 19.7 Å². The van der Waals surface area contributed by atoms with Gasteiger partial charge < -0.3 is 10.1 Å². The van der Waals surface area contributed by atoms with Crippen molar-refractivity contribution >= 4 is 23.4 Å². The maximum absolute atomic E-state index is 12.5. The summed E-state index contributed by atoms with van der Waals surface area (Å²) < 4.78 is 5.59. The van der Waals surface area contributed by atoms with Crippen molar-refractivity contribution in [2.75, 3.05) is 11.9 Å². The summed E-state index contributed by atoms with van der Waals surface area (Å²) in [6, 6.07) is 15.0. The van der Waals surface area contributed by atoms with Crippen molar-refractivity contribution in [3.63, 3.8) is 0 Å². The van der Waals surface area contributed by atoms with Crippen molar-refractivity contribution in [1.29, 1.82) is 0 Å². The molecule has 1 unspecified atom stereocenters. The minimum Gasteiger partial charge on any atom is -0.484 e. The number of carbonyl (C=O) groups is 3. The van der Waals surface area contributed by atoms with Crippen LogP contribution in [0.15, 0.2) is 48.5 Å². The molecule has 6 nitrogen and oxygen atoms in total. The molecule has 1 saturated heterocycles. The predicted molar refractivity (Wildman–Crippen MR) is 120 cm³/mol. The molecule has 0 saturated carbocycles. The van der Waals surface area contributed by atoms with E-state index in [2.05, 4.69) is 31.4 Å². The normalized spacial score (nSPS) is 19.0. The lowest BCUT2D eigenvalue weighted by Gasteiger charge is -2.35. The molecule has 0 spiro atoms. The molecular weight excluding hydrogens is 392 g/mol. The van der Waals surface area contributed by atoms with Crippen LogP contribution in [0.2, 0.25) is 0 Å². The molecule has 164 valence electrons. The van der Waals surface area contributed by atoms with E-state index < -0.39 is 5.41 Å². The molecule has 3 rings (SSSR count). The highest BCUT2D eigenvalue weighted by Crippen LogP contribution is 2.36. The van der Waals surface area contributed by atoms with E-state index in [-0.39, 0.29) is 29.7 Å². The highest BCUT2D eigenvalue weighted by Gasteiger charge is 2.42. The van der Waals surface area contributed by atoms with Gasteiger partial charge in [-0.15, -0.1) is 0 Å². The maximum Gasteiger partial charge on any atom is 0.262 e. The maximum atomic E-state index is 12.5. The largest absolute Gasteiger partial charge is 0.484 e. The van der Waals surface area contributed by atoms with Gasteiger partial charge in [0.1, 0.15) is 5.75 Å². The molecule has 0 radical (unpaired) electrons. The molecule has 31 heavy (non-hydrogen) atoms.